The molecule has 264 valence electrons. The van der Waals surface area contributed by atoms with Crippen molar-refractivity contribution in [1.29, 1.82) is 0 Å². The lowest BCUT2D eigenvalue weighted by Crippen LogP contribution is -2.53. The molecule has 9 nitrogen and oxygen atoms in total. The van der Waals surface area contributed by atoms with Crippen LogP contribution in [0.25, 0.3) is 0 Å². The summed E-state index contributed by atoms with van der Waals surface area (Å²) in [5.41, 5.74) is 4.31. The molecule has 4 aromatic carbocycles. The molecule has 2 saturated heterocycles. The van der Waals surface area contributed by atoms with Crippen molar-refractivity contribution in [3.63, 3.8) is 0 Å². The van der Waals surface area contributed by atoms with Gasteiger partial charge in [-0.25, -0.2) is 0 Å². The van der Waals surface area contributed by atoms with Gasteiger partial charge in [0.2, 0.25) is 11.8 Å². The molecular formula is C40H32Cl3N3O6. The Morgan fingerprint density at radius 2 is 1.60 bits per heavy atom. The van der Waals surface area contributed by atoms with Gasteiger partial charge < -0.3 is 9.84 Å². The van der Waals surface area contributed by atoms with E-state index >= 15 is 4.79 Å². The summed E-state index contributed by atoms with van der Waals surface area (Å²) in [7, 11) is 1.54. The Balaban J connectivity index is 1.31. The summed E-state index contributed by atoms with van der Waals surface area (Å²) in [6, 6.07) is 25.6. The van der Waals surface area contributed by atoms with Crippen LogP contribution in [0.2, 0.25) is 15.1 Å². The molecule has 2 aliphatic carbocycles. The summed E-state index contributed by atoms with van der Waals surface area (Å²) in [6.07, 6.45) is 2.34. The van der Waals surface area contributed by atoms with Crippen LogP contribution < -0.4 is 10.2 Å². The van der Waals surface area contributed by atoms with Crippen molar-refractivity contribution < 1.29 is 29.0 Å². The Labute approximate surface area is 314 Å². The lowest BCUT2D eigenvalue weighted by molar-refractivity contribution is -0.142. The molecule has 4 aliphatic rings. The molecule has 0 radical (unpaired) electrons. The number of hydrogen-bond donors (Lipinski definition) is 2. The molecular weight excluding hydrogens is 725 g/mol. The average molecular weight is 757 g/mol. The summed E-state index contributed by atoms with van der Waals surface area (Å²) in [6.45, 7) is 0.136. The highest BCUT2D eigenvalue weighted by atomic mass is 35.5. The fourth-order valence-electron chi connectivity index (χ4n) is 8.93. The van der Waals surface area contributed by atoms with Crippen LogP contribution in [0, 0.1) is 23.7 Å². The fourth-order valence-corrected chi connectivity index (χ4v) is 9.66. The van der Waals surface area contributed by atoms with Gasteiger partial charge in [-0.05, 0) is 77.9 Å². The topological polar surface area (TPSA) is 116 Å². The largest absolute Gasteiger partial charge is 0.508 e. The zero-order chi connectivity index (χ0) is 36.5. The van der Waals surface area contributed by atoms with Crippen LogP contribution in [0.3, 0.4) is 0 Å². The number of likely N-dealkylation sites (tertiary alicyclic amines) is 1. The van der Waals surface area contributed by atoms with E-state index in [9.17, 15) is 19.5 Å². The first-order valence-electron chi connectivity index (χ1n) is 16.9. The molecule has 4 amide bonds. The molecule has 2 aliphatic heterocycles. The van der Waals surface area contributed by atoms with Crippen molar-refractivity contribution in [2.75, 3.05) is 12.5 Å². The minimum Gasteiger partial charge on any atom is -0.508 e. The number of anilines is 1. The molecule has 0 unspecified atom stereocenters. The van der Waals surface area contributed by atoms with E-state index < -0.39 is 46.8 Å². The number of phenols is 1. The highest BCUT2D eigenvalue weighted by molar-refractivity contribution is 6.36. The van der Waals surface area contributed by atoms with Gasteiger partial charge in [-0.15, -0.1) is 0 Å². The number of imide groups is 2. The number of nitrogens with one attached hydrogen (secondary N) is 1. The van der Waals surface area contributed by atoms with Gasteiger partial charge in [0.05, 0.1) is 47.5 Å². The maximum Gasteiger partial charge on any atom is 0.260 e. The van der Waals surface area contributed by atoms with E-state index in [0.717, 1.165) is 16.1 Å². The Kier molecular flexibility index (Phi) is 8.56. The van der Waals surface area contributed by atoms with Gasteiger partial charge in [-0.1, -0.05) is 95.0 Å². The van der Waals surface area contributed by atoms with Gasteiger partial charge in [-0.3, -0.25) is 29.5 Å². The van der Waals surface area contributed by atoms with Crippen molar-refractivity contribution in [1.82, 2.24) is 9.91 Å². The predicted molar refractivity (Wildman–Crippen MR) is 196 cm³/mol. The molecule has 0 spiro atoms. The summed E-state index contributed by atoms with van der Waals surface area (Å²) in [5.74, 6) is -4.96. The number of carbonyl (C=O) groups excluding carboxylic acids is 4. The molecule has 52 heavy (non-hydrogen) atoms. The number of benzene rings is 4. The SMILES string of the molecule is COc1ccc([C@@]23C(=O)N(Nc4ccc(Cl)cc4Cl)C(=O)[C@@H]2C[C@@H]2C(=CC[C@@H]4C(=O)N(Cc5ccccc5)C(=O)[C@@H]42)[C@@H]3c2ccc(O)cc2Cl)cc1. The number of amides is 4. The third-order valence-corrected chi connectivity index (χ3v) is 12.0. The molecule has 2 heterocycles. The summed E-state index contributed by atoms with van der Waals surface area (Å²) in [4.78, 5) is 59.9. The minimum absolute atomic E-state index is 0.0727. The number of allylic oxidation sites excluding steroid dienone is 2. The Hall–Kier alpha value is -4.83. The molecule has 12 heteroatoms. The smallest absolute Gasteiger partial charge is 0.260 e. The van der Waals surface area contributed by atoms with Crippen molar-refractivity contribution >= 4 is 64.1 Å². The molecule has 8 rings (SSSR count). The third-order valence-electron chi connectivity index (χ3n) is 11.2. The lowest BCUT2D eigenvalue weighted by Gasteiger charge is -2.50. The molecule has 4 aromatic rings. The molecule has 0 aromatic heterocycles. The van der Waals surface area contributed by atoms with E-state index in [4.69, 9.17) is 39.5 Å². The lowest BCUT2D eigenvalue weighted by atomic mass is 9.49. The van der Waals surface area contributed by atoms with E-state index in [1.165, 1.54) is 30.2 Å². The van der Waals surface area contributed by atoms with Crippen LogP contribution in [0.4, 0.5) is 5.69 Å². The maximum absolute atomic E-state index is 15.3. The number of phenolic OH excluding ortho intramolecular Hbond substituents is 1. The number of hydrogen-bond acceptors (Lipinski definition) is 7. The van der Waals surface area contributed by atoms with Crippen LogP contribution in [-0.2, 0) is 31.1 Å². The predicted octanol–water partition coefficient (Wildman–Crippen LogP) is 7.55. The van der Waals surface area contributed by atoms with E-state index in [1.54, 1.807) is 42.5 Å². The molecule has 6 atom stereocenters. The first-order valence-corrected chi connectivity index (χ1v) is 18.0. The number of ether oxygens (including phenoxy) is 1. The number of hydrazine groups is 1. The Bertz CT molecular complexity index is 2180. The normalized spacial score (nSPS) is 26.5. The molecule has 0 bridgehead atoms. The fraction of sp³-hybridized carbons (Fsp3) is 0.250. The summed E-state index contributed by atoms with van der Waals surface area (Å²) < 4.78 is 5.45. The second-order valence-corrected chi connectivity index (χ2v) is 14.9. The van der Waals surface area contributed by atoms with Crippen LogP contribution >= 0.6 is 34.8 Å². The highest BCUT2D eigenvalue weighted by Gasteiger charge is 2.70. The summed E-state index contributed by atoms with van der Waals surface area (Å²) >= 11 is 19.6. The highest BCUT2D eigenvalue weighted by Crippen LogP contribution is 2.65. The maximum atomic E-state index is 15.3. The van der Waals surface area contributed by atoms with Crippen LogP contribution in [0.1, 0.15) is 35.4 Å². The van der Waals surface area contributed by atoms with Gasteiger partial charge >= 0.3 is 0 Å². The first-order chi connectivity index (χ1) is 25.0. The molecule has 3 fully saturated rings. The quantitative estimate of drug-likeness (QED) is 0.148. The minimum atomic E-state index is -1.57. The second kappa shape index (κ2) is 13.0. The molecule has 2 N–H and O–H groups in total. The van der Waals surface area contributed by atoms with Crippen LogP contribution in [-0.4, -0.2) is 45.8 Å². The van der Waals surface area contributed by atoms with Gasteiger partial charge in [0.25, 0.3) is 11.8 Å². The van der Waals surface area contributed by atoms with E-state index in [-0.39, 0.29) is 47.0 Å². The number of aromatic hydroxyl groups is 1. The Morgan fingerprint density at radius 1 is 0.846 bits per heavy atom. The number of fused-ring (bicyclic) bond motifs is 4. The van der Waals surface area contributed by atoms with Crippen molar-refractivity contribution in [3.05, 3.63) is 134 Å². The number of halogens is 3. The van der Waals surface area contributed by atoms with Crippen molar-refractivity contribution in [3.8, 4) is 11.5 Å². The zero-order valence-corrected chi connectivity index (χ0v) is 30.0. The van der Waals surface area contributed by atoms with Crippen LogP contribution in [0.5, 0.6) is 11.5 Å². The number of rotatable bonds is 7. The van der Waals surface area contributed by atoms with E-state index in [1.807, 2.05) is 36.4 Å². The van der Waals surface area contributed by atoms with E-state index in [2.05, 4.69) is 5.43 Å². The van der Waals surface area contributed by atoms with Crippen molar-refractivity contribution in [2.45, 2.75) is 30.7 Å². The van der Waals surface area contributed by atoms with Gasteiger partial charge in [-0.2, -0.15) is 5.01 Å². The number of carbonyl (C=O) groups is 4. The first kappa shape index (κ1) is 34.3. The van der Waals surface area contributed by atoms with E-state index in [0.29, 0.717) is 27.6 Å². The monoisotopic (exact) mass is 755 g/mol. The number of nitrogens with zero attached hydrogens (tertiary/aromatic N) is 2. The average Bonchev–Trinajstić information content (AvgIpc) is 3.50. The van der Waals surface area contributed by atoms with Crippen molar-refractivity contribution in [2.24, 2.45) is 23.7 Å². The Morgan fingerprint density at radius 3 is 2.29 bits per heavy atom. The third kappa shape index (κ3) is 5.20. The second-order valence-electron chi connectivity index (χ2n) is 13.7. The standard InChI is InChI=1S/C40H32Cl3N3O6/c1-52-25-11-7-22(8-12-25)40-30(37(49)46(39(40)51)44-33-16-9-23(41)17-32(33)43)19-29-26(35(40)27-13-10-24(47)18-31(27)42)14-15-28-34(29)38(50)45(36(28)48)20-21-5-3-2-4-6-21/h2-14,16-18,28-30,34-35,44,47H,15,19-20H2,1H3/t28-,29+,30-,34-,35+,40+/m0/s1. The van der Waals surface area contributed by atoms with Crippen LogP contribution in [0.15, 0.2) is 103 Å². The van der Waals surface area contributed by atoms with Gasteiger partial charge in [0.15, 0.2) is 0 Å². The molecule has 1 saturated carbocycles. The number of methoxy groups -OCH3 is 1. The van der Waals surface area contributed by atoms with Gasteiger partial charge in [0, 0.05) is 16.0 Å². The summed E-state index contributed by atoms with van der Waals surface area (Å²) in [5, 5.41) is 12.2. The zero-order valence-electron chi connectivity index (χ0n) is 27.8. The van der Waals surface area contributed by atoms with Gasteiger partial charge in [0.1, 0.15) is 11.5 Å².